The smallest absolute Gasteiger partial charge is 0.352 e. The summed E-state index contributed by atoms with van der Waals surface area (Å²) in [6.45, 7) is 4.89. The number of hydrogen-bond donors (Lipinski definition) is 5. The van der Waals surface area contributed by atoms with Crippen molar-refractivity contribution in [3.63, 3.8) is 0 Å². The van der Waals surface area contributed by atoms with Gasteiger partial charge in [-0.1, -0.05) is 26.3 Å². The third-order valence-electron chi connectivity index (χ3n) is 4.30. The van der Waals surface area contributed by atoms with Crippen molar-refractivity contribution in [2.24, 2.45) is 11.3 Å². The van der Waals surface area contributed by atoms with Gasteiger partial charge in [0.2, 0.25) is 5.91 Å². The van der Waals surface area contributed by atoms with Crippen LogP contribution in [0.15, 0.2) is 11.8 Å². The molecule has 1 atom stereocenters. The van der Waals surface area contributed by atoms with Crippen molar-refractivity contribution in [1.82, 2.24) is 10.6 Å². The summed E-state index contributed by atoms with van der Waals surface area (Å²) in [4.78, 5) is 40.6. The molecule has 0 saturated heterocycles. The molecule has 0 aromatic heterocycles. The fourth-order valence-corrected chi connectivity index (χ4v) is 2.94. The van der Waals surface area contributed by atoms with Crippen LogP contribution in [-0.4, -0.2) is 46.0 Å². The summed E-state index contributed by atoms with van der Waals surface area (Å²) >= 11 is 0. The second-order valence-corrected chi connectivity index (χ2v) is 8.92. The van der Waals surface area contributed by atoms with Crippen molar-refractivity contribution < 1.29 is 29.0 Å². The minimum atomic E-state index is -3.94. The first kappa shape index (κ1) is 21.8. The van der Waals surface area contributed by atoms with Gasteiger partial charge in [-0.15, -0.1) is 0 Å². The molecule has 0 heterocycles. The molecular formula is C16H29N2O6P. The van der Waals surface area contributed by atoms with E-state index >= 15 is 0 Å². The third kappa shape index (κ3) is 9.16. The Morgan fingerprint density at radius 1 is 1.20 bits per heavy atom. The Kier molecular flexibility index (Phi) is 8.28. The summed E-state index contributed by atoms with van der Waals surface area (Å²) in [5.41, 5.74) is -0.104. The highest BCUT2D eigenvalue weighted by atomic mass is 31.2. The summed E-state index contributed by atoms with van der Waals surface area (Å²) < 4.78 is 10.7. The van der Waals surface area contributed by atoms with E-state index in [1.54, 1.807) is 0 Å². The van der Waals surface area contributed by atoms with Crippen molar-refractivity contribution in [2.45, 2.75) is 46.0 Å². The molecule has 1 aliphatic rings. The molecule has 1 fully saturated rings. The van der Waals surface area contributed by atoms with E-state index in [-0.39, 0.29) is 35.6 Å². The molecule has 0 radical (unpaired) electrons. The summed E-state index contributed by atoms with van der Waals surface area (Å²) in [7, 11) is -3.94. The number of rotatable bonds is 12. The highest BCUT2D eigenvalue weighted by Gasteiger charge is 2.50. The zero-order chi connectivity index (χ0) is 19.1. The van der Waals surface area contributed by atoms with E-state index in [0.29, 0.717) is 13.0 Å². The first-order chi connectivity index (χ1) is 11.5. The number of carbonyl (C=O) groups is 2. The molecule has 0 bridgehead atoms. The van der Waals surface area contributed by atoms with Gasteiger partial charge in [0.25, 0.3) is 0 Å². The number of unbranched alkanes of at least 4 members (excludes halogenated alkanes) is 3. The molecule has 1 unspecified atom stereocenters. The lowest BCUT2D eigenvalue weighted by atomic mass is 10.1. The van der Waals surface area contributed by atoms with Crippen LogP contribution in [0, 0.1) is 11.3 Å². The molecule has 0 spiro atoms. The average Bonchev–Trinajstić information content (AvgIpc) is 3.11. The highest BCUT2D eigenvalue weighted by Crippen LogP contribution is 2.51. The predicted molar refractivity (Wildman–Crippen MR) is 94.0 cm³/mol. The summed E-state index contributed by atoms with van der Waals surface area (Å²) in [5.74, 6) is -1.48. The van der Waals surface area contributed by atoms with Gasteiger partial charge in [0.15, 0.2) is 0 Å². The standard InChI is InChI=1S/C16H29N2O6P/c1-16(2)11-12(16)14(19)18-13(15(20)21)7-5-3-4-6-8-17-9-10-25(22,23)24/h7,12,17H,3-6,8-11H2,1-2H3,(H,18,19)(H,20,21)(H2,22,23,24)/b13-7+. The molecule has 1 amide bonds. The molecule has 0 aromatic rings. The maximum Gasteiger partial charge on any atom is 0.352 e. The number of aliphatic carboxylic acids is 1. The fourth-order valence-electron chi connectivity index (χ4n) is 2.49. The minimum Gasteiger partial charge on any atom is -0.477 e. The quantitative estimate of drug-likeness (QED) is 0.197. The number of hydrogen-bond acceptors (Lipinski definition) is 4. The van der Waals surface area contributed by atoms with E-state index in [1.807, 2.05) is 13.8 Å². The number of nitrogens with one attached hydrogen (secondary N) is 2. The Morgan fingerprint density at radius 2 is 1.84 bits per heavy atom. The lowest BCUT2D eigenvalue weighted by Gasteiger charge is -2.08. The van der Waals surface area contributed by atoms with Gasteiger partial charge in [0.05, 0.1) is 6.16 Å². The van der Waals surface area contributed by atoms with Crippen LogP contribution in [0.25, 0.3) is 0 Å². The molecular weight excluding hydrogens is 347 g/mol. The van der Waals surface area contributed by atoms with Gasteiger partial charge in [-0.05, 0) is 37.6 Å². The Labute approximate surface area is 148 Å². The van der Waals surface area contributed by atoms with Crippen LogP contribution in [0.2, 0.25) is 0 Å². The number of carbonyl (C=O) groups excluding carboxylic acids is 1. The van der Waals surface area contributed by atoms with E-state index in [0.717, 1.165) is 25.7 Å². The largest absolute Gasteiger partial charge is 0.477 e. The zero-order valence-corrected chi connectivity index (χ0v) is 15.7. The second-order valence-electron chi connectivity index (χ2n) is 7.15. The summed E-state index contributed by atoms with van der Waals surface area (Å²) in [6, 6.07) is 0. The fraction of sp³-hybridized carbons (Fsp3) is 0.750. The van der Waals surface area contributed by atoms with E-state index in [1.165, 1.54) is 6.08 Å². The van der Waals surface area contributed by atoms with E-state index in [2.05, 4.69) is 10.6 Å². The van der Waals surface area contributed by atoms with Gasteiger partial charge in [-0.2, -0.15) is 0 Å². The van der Waals surface area contributed by atoms with Gasteiger partial charge in [-0.25, -0.2) is 4.79 Å². The molecule has 1 aliphatic carbocycles. The molecule has 0 aromatic carbocycles. The molecule has 144 valence electrons. The lowest BCUT2D eigenvalue weighted by Crippen LogP contribution is -2.29. The number of carboxylic acids is 1. The van der Waals surface area contributed by atoms with Crippen LogP contribution in [0.1, 0.15) is 46.0 Å². The van der Waals surface area contributed by atoms with Crippen LogP contribution >= 0.6 is 7.60 Å². The molecule has 8 nitrogen and oxygen atoms in total. The van der Waals surface area contributed by atoms with Crippen LogP contribution in [-0.2, 0) is 14.2 Å². The monoisotopic (exact) mass is 376 g/mol. The number of carboxylic acid groups (broad SMARTS) is 1. The topological polar surface area (TPSA) is 136 Å². The summed E-state index contributed by atoms with van der Waals surface area (Å²) in [5, 5.41) is 14.6. The van der Waals surface area contributed by atoms with Crippen molar-refractivity contribution >= 4 is 19.5 Å². The Morgan fingerprint density at radius 3 is 2.36 bits per heavy atom. The first-order valence-electron chi connectivity index (χ1n) is 8.52. The van der Waals surface area contributed by atoms with Crippen LogP contribution < -0.4 is 10.6 Å². The third-order valence-corrected chi connectivity index (χ3v) is 5.11. The van der Waals surface area contributed by atoms with Crippen molar-refractivity contribution in [1.29, 1.82) is 0 Å². The second kappa shape index (κ2) is 9.48. The van der Waals surface area contributed by atoms with Crippen molar-refractivity contribution in [3.8, 4) is 0 Å². The van der Waals surface area contributed by atoms with E-state index < -0.39 is 13.6 Å². The number of allylic oxidation sites excluding steroid dienone is 1. The maximum atomic E-state index is 12.0. The molecule has 5 N–H and O–H groups in total. The maximum absolute atomic E-state index is 12.0. The molecule has 25 heavy (non-hydrogen) atoms. The average molecular weight is 376 g/mol. The van der Waals surface area contributed by atoms with Gasteiger partial charge >= 0.3 is 13.6 Å². The Balaban J connectivity index is 2.18. The van der Waals surface area contributed by atoms with Gasteiger partial charge in [0.1, 0.15) is 5.70 Å². The van der Waals surface area contributed by atoms with Gasteiger partial charge in [0, 0.05) is 12.5 Å². The lowest BCUT2D eigenvalue weighted by molar-refractivity contribution is -0.135. The van der Waals surface area contributed by atoms with Crippen LogP contribution in [0.3, 0.4) is 0 Å². The first-order valence-corrected chi connectivity index (χ1v) is 10.3. The SMILES string of the molecule is CC1(C)CC1C(=O)N/C(=C/CCCCCNCCP(=O)(O)O)C(=O)O. The van der Waals surface area contributed by atoms with Gasteiger partial charge in [-0.3, -0.25) is 9.36 Å². The number of amides is 1. The van der Waals surface area contributed by atoms with Crippen molar-refractivity contribution in [2.75, 3.05) is 19.3 Å². The molecule has 1 saturated carbocycles. The Hall–Kier alpha value is -1.21. The minimum absolute atomic E-state index is 0.0412. The Bertz CT molecular complexity index is 555. The van der Waals surface area contributed by atoms with Gasteiger partial charge < -0.3 is 25.5 Å². The molecule has 0 aliphatic heterocycles. The van der Waals surface area contributed by atoms with E-state index in [9.17, 15) is 14.2 Å². The van der Waals surface area contributed by atoms with Crippen LogP contribution in [0.4, 0.5) is 0 Å². The molecule has 9 heteroatoms. The van der Waals surface area contributed by atoms with E-state index in [4.69, 9.17) is 14.9 Å². The van der Waals surface area contributed by atoms with Crippen LogP contribution in [0.5, 0.6) is 0 Å². The highest BCUT2D eigenvalue weighted by molar-refractivity contribution is 7.51. The molecule has 1 rings (SSSR count). The summed E-state index contributed by atoms with van der Waals surface area (Å²) in [6.07, 6.45) is 5.17. The van der Waals surface area contributed by atoms with Crippen molar-refractivity contribution in [3.05, 3.63) is 11.8 Å². The zero-order valence-electron chi connectivity index (χ0n) is 14.8. The predicted octanol–water partition coefficient (Wildman–Crippen LogP) is 1.44. The normalized spacial score (nSPS) is 19.5.